The lowest BCUT2D eigenvalue weighted by Crippen LogP contribution is -2.36. The standard InChI is InChI=1S/C19H20N2O3/c1-12(2)15-5-3-4-14-11-21(9-7-16(14)15)18(22)13-6-8-20-17(10-13)19(23)24/h3-6,8,10,12H,7,9,11H2,1-2H3,(H,23,24). The van der Waals surface area contributed by atoms with Crippen LogP contribution in [0.4, 0.5) is 0 Å². The Bertz CT molecular complexity index is 799. The number of carboxylic acids is 1. The number of fused-ring (bicyclic) bond motifs is 1. The summed E-state index contributed by atoms with van der Waals surface area (Å²) in [6, 6.07) is 9.16. The van der Waals surface area contributed by atoms with Gasteiger partial charge in [-0.1, -0.05) is 32.0 Å². The Balaban J connectivity index is 1.85. The van der Waals surface area contributed by atoms with E-state index in [1.807, 2.05) is 6.07 Å². The second-order valence-electron chi connectivity index (χ2n) is 6.35. The monoisotopic (exact) mass is 324 g/mol. The molecule has 0 bridgehead atoms. The van der Waals surface area contributed by atoms with Gasteiger partial charge in [0.05, 0.1) is 0 Å². The molecular weight excluding hydrogens is 304 g/mol. The van der Waals surface area contributed by atoms with Crippen molar-refractivity contribution in [2.75, 3.05) is 6.54 Å². The molecule has 124 valence electrons. The number of rotatable bonds is 3. The Morgan fingerprint density at radius 1 is 1.25 bits per heavy atom. The number of carboxylic acid groups (broad SMARTS) is 1. The van der Waals surface area contributed by atoms with Crippen LogP contribution in [0.1, 0.15) is 57.3 Å². The molecule has 24 heavy (non-hydrogen) atoms. The molecule has 5 nitrogen and oxygen atoms in total. The molecule has 1 aromatic heterocycles. The Kier molecular flexibility index (Phi) is 4.34. The predicted octanol–water partition coefficient (Wildman–Crippen LogP) is 3.10. The van der Waals surface area contributed by atoms with Crippen molar-refractivity contribution in [1.82, 2.24) is 9.88 Å². The SMILES string of the molecule is CC(C)c1cccc2c1CCN(C(=O)c1ccnc(C(=O)O)c1)C2. The van der Waals surface area contributed by atoms with Gasteiger partial charge in [-0.25, -0.2) is 9.78 Å². The Morgan fingerprint density at radius 3 is 2.75 bits per heavy atom. The number of hydrogen-bond acceptors (Lipinski definition) is 3. The van der Waals surface area contributed by atoms with Crippen LogP contribution >= 0.6 is 0 Å². The van der Waals surface area contributed by atoms with E-state index in [0.717, 1.165) is 6.42 Å². The van der Waals surface area contributed by atoms with Crippen molar-refractivity contribution in [3.63, 3.8) is 0 Å². The van der Waals surface area contributed by atoms with Gasteiger partial charge in [0.15, 0.2) is 0 Å². The maximum Gasteiger partial charge on any atom is 0.354 e. The van der Waals surface area contributed by atoms with Gasteiger partial charge in [-0.2, -0.15) is 0 Å². The first-order valence-corrected chi connectivity index (χ1v) is 8.06. The normalized spacial score (nSPS) is 13.7. The molecule has 1 aliphatic rings. The van der Waals surface area contributed by atoms with Gasteiger partial charge in [0, 0.05) is 24.8 Å². The van der Waals surface area contributed by atoms with E-state index in [2.05, 4.69) is 31.0 Å². The number of aromatic nitrogens is 1. The van der Waals surface area contributed by atoms with Crippen LogP contribution in [-0.4, -0.2) is 33.4 Å². The third-order valence-electron chi connectivity index (χ3n) is 4.44. The highest BCUT2D eigenvalue weighted by molar-refractivity contribution is 5.96. The van der Waals surface area contributed by atoms with Gasteiger partial charge in [0.25, 0.3) is 5.91 Å². The minimum atomic E-state index is -1.13. The third kappa shape index (κ3) is 3.02. The highest BCUT2D eigenvalue weighted by Gasteiger charge is 2.24. The molecule has 2 heterocycles. The fourth-order valence-electron chi connectivity index (χ4n) is 3.22. The lowest BCUT2D eigenvalue weighted by Gasteiger charge is -2.31. The van der Waals surface area contributed by atoms with Crippen LogP contribution in [0.2, 0.25) is 0 Å². The minimum Gasteiger partial charge on any atom is -0.477 e. The largest absolute Gasteiger partial charge is 0.477 e. The molecule has 0 aliphatic carbocycles. The smallest absolute Gasteiger partial charge is 0.354 e. The molecule has 2 aromatic rings. The van der Waals surface area contributed by atoms with E-state index in [4.69, 9.17) is 5.11 Å². The molecule has 0 unspecified atom stereocenters. The summed E-state index contributed by atoms with van der Waals surface area (Å²) in [7, 11) is 0. The number of aromatic carboxylic acids is 1. The number of amides is 1. The number of pyridine rings is 1. The average molecular weight is 324 g/mol. The van der Waals surface area contributed by atoms with Gasteiger partial charge in [0.2, 0.25) is 0 Å². The van der Waals surface area contributed by atoms with Crippen LogP contribution in [0.5, 0.6) is 0 Å². The maximum atomic E-state index is 12.7. The molecule has 3 rings (SSSR count). The van der Waals surface area contributed by atoms with Crippen LogP contribution in [0, 0.1) is 0 Å². The zero-order valence-corrected chi connectivity index (χ0v) is 13.8. The van der Waals surface area contributed by atoms with Crippen LogP contribution < -0.4 is 0 Å². The van der Waals surface area contributed by atoms with Crippen molar-refractivity contribution in [2.45, 2.75) is 32.7 Å². The number of carbonyl (C=O) groups excluding carboxylic acids is 1. The summed E-state index contributed by atoms with van der Waals surface area (Å²) < 4.78 is 0. The highest BCUT2D eigenvalue weighted by Crippen LogP contribution is 2.28. The fraction of sp³-hybridized carbons (Fsp3) is 0.316. The summed E-state index contributed by atoms with van der Waals surface area (Å²) in [5, 5.41) is 9.03. The van der Waals surface area contributed by atoms with Crippen molar-refractivity contribution in [1.29, 1.82) is 0 Å². The van der Waals surface area contributed by atoms with Gasteiger partial charge in [0.1, 0.15) is 5.69 Å². The second-order valence-corrected chi connectivity index (χ2v) is 6.35. The molecule has 0 fully saturated rings. The summed E-state index contributed by atoms with van der Waals surface area (Å²) in [5.41, 5.74) is 4.12. The van der Waals surface area contributed by atoms with Crippen LogP contribution in [0.15, 0.2) is 36.5 Å². The molecule has 0 radical (unpaired) electrons. The van der Waals surface area contributed by atoms with Gasteiger partial charge >= 0.3 is 5.97 Å². The van der Waals surface area contributed by atoms with E-state index in [-0.39, 0.29) is 11.6 Å². The lowest BCUT2D eigenvalue weighted by molar-refractivity contribution is 0.0690. The predicted molar refractivity (Wildman–Crippen MR) is 90.2 cm³/mol. The second kappa shape index (κ2) is 6.43. The molecule has 0 atom stereocenters. The van der Waals surface area contributed by atoms with E-state index in [1.54, 1.807) is 11.0 Å². The highest BCUT2D eigenvalue weighted by atomic mass is 16.4. The molecule has 0 spiro atoms. The van der Waals surface area contributed by atoms with Crippen molar-refractivity contribution in [3.05, 3.63) is 64.5 Å². The summed E-state index contributed by atoms with van der Waals surface area (Å²) in [5.74, 6) is -0.823. The number of carbonyl (C=O) groups is 2. The average Bonchev–Trinajstić information content (AvgIpc) is 2.60. The van der Waals surface area contributed by atoms with Gasteiger partial charge in [-0.05, 0) is 41.2 Å². The Labute approximate surface area is 140 Å². The first-order chi connectivity index (χ1) is 11.5. The summed E-state index contributed by atoms with van der Waals surface area (Å²) >= 11 is 0. The van der Waals surface area contributed by atoms with E-state index >= 15 is 0 Å². The number of nitrogens with zero attached hydrogens (tertiary/aromatic N) is 2. The molecule has 1 aliphatic heterocycles. The minimum absolute atomic E-state index is 0.111. The zero-order chi connectivity index (χ0) is 17.3. The summed E-state index contributed by atoms with van der Waals surface area (Å²) in [4.78, 5) is 29.3. The van der Waals surface area contributed by atoms with E-state index in [9.17, 15) is 9.59 Å². The van der Waals surface area contributed by atoms with Crippen LogP contribution in [-0.2, 0) is 13.0 Å². The van der Waals surface area contributed by atoms with E-state index in [0.29, 0.717) is 24.6 Å². The van der Waals surface area contributed by atoms with Gasteiger partial charge in [-0.15, -0.1) is 0 Å². The van der Waals surface area contributed by atoms with Crippen molar-refractivity contribution in [2.24, 2.45) is 0 Å². The molecule has 1 N–H and O–H groups in total. The van der Waals surface area contributed by atoms with Crippen LogP contribution in [0.25, 0.3) is 0 Å². The molecular formula is C19H20N2O3. The van der Waals surface area contributed by atoms with E-state index < -0.39 is 5.97 Å². The van der Waals surface area contributed by atoms with Crippen molar-refractivity contribution < 1.29 is 14.7 Å². The first-order valence-electron chi connectivity index (χ1n) is 8.06. The molecule has 0 saturated carbocycles. The van der Waals surface area contributed by atoms with E-state index in [1.165, 1.54) is 29.0 Å². The summed E-state index contributed by atoms with van der Waals surface area (Å²) in [6.07, 6.45) is 2.19. The fourth-order valence-corrected chi connectivity index (χ4v) is 3.22. The zero-order valence-electron chi connectivity index (χ0n) is 13.8. The molecule has 5 heteroatoms. The first kappa shape index (κ1) is 16.2. The molecule has 1 amide bonds. The summed E-state index contributed by atoms with van der Waals surface area (Å²) in [6.45, 7) is 5.55. The van der Waals surface area contributed by atoms with Crippen molar-refractivity contribution in [3.8, 4) is 0 Å². The lowest BCUT2D eigenvalue weighted by atomic mass is 9.89. The number of hydrogen-bond donors (Lipinski definition) is 1. The number of benzene rings is 1. The van der Waals surface area contributed by atoms with Crippen LogP contribution in [0.3, 0.4) is 0 Å². The molecule has 1 aromatic carbocycles. The third-order valence-corrected chi connectivity index (χ3v) is 4.44. The van der Waals surface area contributed by atoms with Gasteiger partial charge < -0.3 is 10.0 Å². The van der Waals surface area contributed by atoms with Gasteiger partial charge in [-0.3, -0.25) is 4.79 Å². The topological polar surface area (TPSA) is 70.5 Å². The van der Waals surface area contributed by atoms with Crippen molar-refractivity contribution >= 4 is 11.9 Å². The Hall–Kier alpha value is -2.69. The quantitative estimate of drug-likeness (QED) is 0.942. The Morgan fingerprint density at radius 2 is 2.04 bits per heavy atom. The molecule has 0 saturated heterocycles. The maximum absolute atomic E-state index is 12.7.